The average Bonchev–Trinajstić information content (AvgIpc) is 2.70. The molecule has 8 nitrogen and oxygen atoms in total. The van der Waals surface area contributed by atoms with Crippen molar-refractivity contribution in [3.63, 3.8) is 0 Å². The first-order valence-electron chi connectivity index (χ1n) is 8.57. The van der Waals surface area contributed by atoms with Gasteiger partial charge >= 0.3 is 0 Å². The molecular weight excluding hydrogens is 370 g/mol. The Labute approximate surface area is 161 Å². The predicted octanol–water partition coefficient (Wildman–Crippen LogP) is 0.952. The number of hydrogen-bond acceptors (Lipinski definition) is 6. The molecule has 0 spiro atoms. The van der Waals surface area contributed by atoms with E-state index in [1.54, 1.807) is 30.3 Å². The summed E-state index contributed by atoms with van der Waals surface area (Å²) < 4.78 is 0. The van der Waals surface area contributed by atoms with Crippen molar-refractivity contribution >= 4 is 34.9 Å². The monoisotopic (exact) mass is 389 g/mol. The molecule has 2 aromatic rings. The summed E-state index contributed by atoms with van der Waals surface area (Å²) >= 11 is 5.76. The lowest BCUT2D eigenvalue weighted by Crippen LogP contribution is -2.49. The molecule has 2 heterocycles. The third kappa shape index (κ3) is 5.15. The standard InChI is InChI=1S/C18H20ClN5O3/c19-15-5-6-16(22-21-15)23-7-9-24(10-8-23)18(27)11-13-1-3-14(4-2-13)20-17(26)12-25/h1-6,25H,7-12H2,(H,20,26). The molecular formula is C18H20ClN5O3. The van der Waals surface area contributed by atoms with E-state index in [2.05, 4.69) is 20.4 Å². The van der Waals surface area contributed by atoms with Crippen molar-refractivity contribution < 1.29 is 14.7 Å². The van der Waals surface area contributed by atoms with Gasteiger partial charge in [-0.3, -0.25) is 9.59 Å². The van der Waals surface area contributed by atoms with E-state index in [1.807, 2.05) is 11.0 Å². The van der Waals surface area contributed by atoms with Crippen molar-refractivity contribution in [2.45, 2.75) is 6.42 Å². The zero-order valence-corrected chi connectivity index (χ0v) is 15.4. The lowest BCUT2D eigenvalue weighted by atomic mass is 10.1. The molecule has 0 unspecified atom stereocenters. The van der Waals surface area contributed by atoms with E-state index in [-0.39, 0.29) is 5.91 Å². The van der Waals surface area contributed by atoms with Crippen LogP contribution in [0.2, 0.25) is 5.15 Å². The maximum Gasteiger partial charge on any atom is 0.250 e. The van der Waals surface area contributed by atoms with Crippen molar-refractivity contribution in [3.05, 3.63) is 47.1 Å². The lowest BCUT2D eigenvalue weighted by Gasteiger charge is -2.35. The van der Waals surface area contributed by atoms with Crippen LogP contribution < -0.4 is 10.2 Å². The van der Waals surface area contributed by atoms with Gasteiger partial charge in [-0.15, -0.1) is 10.2 Å². The van der Waals surface area contributed by atoms with Gasteiger partial charge in [-0.25, -0.2) is 0 Å². The largest absolute Gasteiger partial charge is 0.387 e. The summed E-state index contributed by atoms with van der Waals surface area (Å²) in [4.78, 5) is 27.6. The summed E-state index contributed by atoms with van der Waals surface area (Å²) in [6.45, 7) is 2.05. The Kier molecular flexibility index (Phi) is 6.20. The molecule has 142 valence electrons. The number of amides is 2. The molecule has 2 amide bonds. The fourth-order valence-electron chi connectivity index (χ4n) is 2.86. The maximum absolute atomic E-state index is 12.5. The zero-order chi connectivity index (χ0) is 19.2. The number of aliphatic hydroxyl groups excluding tert-OH is 1. The smallest absolute Gasteiger partial charge is 0.250 e. The van der Waals surface area contributed by atoms with E-state index < -0.39 is 12.5 Å². The van der Waals surface area contributed by atoms with Gasteiger partial charge in [0.1, 0.15) is 6.61 Å². The second-order valence-electron chi connectivity index (χ2n) is 6.16. The zero-order valence-electron chi connectivity index (χ0n) is 14.6. The van der Waals surface area contributed by atoms with E-state index in [0.717, 1.165) is 11.4 Å². The number of rotatable bonds is 5. The third-order valence-electron chi connectivity index (χ3n) is 4.31. The van der Waals surface area contributed by atoms with Gasteiger partial charge in [0.15, 0.2) is 11.0 Å². The highest BCUT2D eigenvalue weighted by Gasteiger charge is 2.22. The van der Waals surface area contributed by atoms with Crippen LogP contribution in [0.15, 0.2) is 36.4 Å². The topological polar surface area (TPSA) is 98.7 Å². The number of carbonyl (C=O) groups is 2. The van der Waals surface area contributed by atoms with Gasteiger partial charge in [0, 0.05) is 31.9 Å². The van der Waals surface area contributed by atoms with E-state index in [1.165, 1.54) is 0 Å². The van der Waals surface area contributed by atoms with E-state index in [4.69, 9.17) is 16.7 Å². The van der Waals surface area contributed by atoms with Gasteiger partial charge < -0.3 is 20.2 Å². The minimum Gasteiger partial charge on any atom is -0.387 e. The number of aromatic nitrogens is 2. The van der Waals surface area contributed by atoms with Crippen LogP contribution in [0.4, 0.5) is 11.5 Å². The van der Waals surface area contributed by atoms with Crippen LogP contribution in [0.25, 0.3) is 0 Å². The number of nitrogens with one attached hydrogen (secondary N) is 1. The highest BCUT2D eigenvalue weighted by Crippen LogP contribution is 2.16. The van der Waals surface area contributed by atoms with E-state index in [0.29, 0.717) is 43.4 Å². The van der Waals surface area contributed by atoms with Crippen molar-refractivity contribution in [1.82, 2.24) is 15.1 Å². The summed E-state index contributed by atoms with van der Waals surface area (Å²) in [6, 6.07) is 10.5. The fraction of sp³-hybridized carbons (Fsp3) is 0.333. The summed E-state index contributed by atoms with van der Waals surface area (Å²) in [6.07, 6.45) is 0.301. The average molecular weight is 390 g/mol. The molecule has 27 heavy (non-hydrogen) atoms. The van der Waals surface area contributed by atoms with Crippen LogP contribution in [0.5, 0.6) is 0 Å². The molecule has 1 fully saturated rings. The summed E-state index contributed by atoms with van der Waals surface area (Å²) in [7, 11) is 0. The number of nitrogens with zero attached hydrogens (tertiary/aromatic N) is 4. The molecule has 9 heteroatoms. The lowest BCUT2D eigenvalue weighted by molar-refractivity contribution is -0.130. The summed E-state index contributed by atoms with van der Waals surface area (Å²) in [5, 5.41) is 19.6. The number of hydrogen-bond donors (Lipinski definition) is 2. The fourth-order valence-corrected chi connectivity index (χ4v) is 2.96. The normalized spacial score (nSPS) is 14.1. The summed E-state index contributed by atoms with van der Waals surface area (Å²) in [5.41, 5.74) is 1.45. The van der Waals surface area contributed by atoms with Gasteiger partial charge in [0.25, 0.3) is 0 Å². The molecule has 1 aromatic heterocycles. The van der Waals surface area contributed by atoms with Crippen LogP contribution in [0, 0.1) is 0 Å². The van der Waals surface area contributed by atoms with Gasteiger partial charge in [0.2, 0.25) is 11.8 Å². The molecule has 0 atom stereocenters. The molecule has 0 bridgehead atoms. The van der Waals surface area contributed by atoms with Gasteiger partial charge in [-0.2, -0.15) is 0 Å². The number of carbonyl (C=O) groups excluding carboxylic acids is 2. The van der Waals surface area contributed by atoms with Crippen molar-refractivity contribution in [2.24, 2.45) is 0 Å². The highest BCUT2D eigenvalue weighted by molar-refractivity contribution is 6.29. The Bertz CT molecular complexity index is 790. The molecule has 1 aliphatic heterocycles. The second-order valence-corrected chi connectivity index (χ2v) is 6.55. The molecule has 0 radical (unpaired) electrons. The quantitative estimate of drug-likeness (QED) is 0.790. The molecule has 1 aliphatic rings. The van der Waals surface area contributed by atoms with Gasteiger partial charge in [-0.05, 0) is 29.8 Å². The molecule has 0 aliphatic carbocycles. The Morgan fingerprint density at radius 3 is 2.33 bits per heavy atom. The molecule has 3 rings (SSSR count). The number of aliphatic hydroxyl groups is 1. The Hall–Kier alpha value is -2.71. The van der Waals surface area contributed by atoms with Crippen LogP contribution in [-0.4, -0.2) is 64.8 Å². The van der Waals surface area contributed by atoms with Crippen molar-refractivity contribution in [1.29, 1.82) is 0 Å². The number of piperazine rings is 1. The van der Waals surface area contributed by atoms with Gasteiger partial charge in [0.05, 0.1) is 6.42 Å². The SMILES string of the molecule is O=C(CO)Nc1ccc(CC(=O)N2CCN(c3ccc(Cl)nn3)CC2)cc1. The Morgan fingerprint density at radius 2 is 1.74 bits per heavy atom. The first-order valence-corrected chi connectivity index (χ1v) is 8.94. The molecule has 0 saturated carbocycles. The first kappa shape index (κ1) is 19.1. The van der Waals surface area contributed by atoms with Crippen LogP contribution in [0.1, 0.15) is 5.56 Å². The second kappa shape index (κ2) is 8.79. The Morgan fingerprint density at radius 1 is 1.04 bits per heavy atom. The van der Waals surface area contributed by atoms with Crippen LogP contribution in [-0.2, 0) is 16.0 Å². The molecule has 2 N–H and O–H groups in total. The minimum absolute atomic E-state index is 0.0592. The number of benzene rings is 1. The third-order valence-corrected chi connectivity index (χ3v) is 4.51. The van der Waals surface area contributed by atoms with E-state index >= 15 is 0 Å². The van der Waals surface area contributed by atoms with E-state index in [9.17, 15) is 9.59 Å². The van der Waals surface area contributed by atoms with Crippen molar-refractivity contribution in [2.75, 3.05) is 43.0 Å². The van der Waals surface area contributed by atoms with Crippen molar-refractivity contribution in [3.8, 4) is 0 Å². The molecule has 1 aromatic carbocycles. The predicted molar refractivity (Wildman–Crippen MR) is 102 cm³/mol. The maximum atomic E-state index is 12.5. The molecule has 1 saturated heterocycles. The minimum atomic E-state index is -0.562. The van der Waals surface area contributed by atoms with Crippen LogP contribution >= 0.6 is 11.6 Å². The Balaban J connectivity index is 1.50. The number of halogens is 1. The summed E-state index contributed by atoms with van der Waals surface area (Å²) in [5.74, 6) is 0.345. The first-order chi connectivity index (χ1) is 13.0. The van der Waals surface area contributed by atoms with Gasteiger partial charge in [-0.1, -0.05) is 23.7 Å². The highest BCUT2D eigenvalue weighted by atomic mass is 35.5. The number of anilines is 2. The van der Waals surface area contributed by atoms with Crippen LogP contribution in [0.3, 0.4) is 0 Å².